The smallest absolute Gasteiger partial charge is 0.121 e. The van der Waals surface area contributed by atoms with Gasteiger partial charge in [0.05, 0.1) is 6.10 Å². The summed E-state index contributed by atoms with van der Waals surface area (Å²) in [4.78, 5) is 0. The van der Waals surface area contributed by atoms with Crippen LogP contribution in [-0.4, -0.2) is 6.10 Å². The molecule has 0 aliphatic rings. The summed E-state index contributed by atoms with van der Waals surface area (Å²) >= 11 is 5.83. The van der Waals surface area contributed by atoms with E-state index in [-0.39, 0.29) is 6.10 Å². The summed E-state index contributed by atoms with van der Waals surface area (Å²) in [6.45, 7) is 4.22. The van der Waals surface area contributed by atoms with E-state index in [4.69, 9.17) is 16.3 Å². The second kappa shape index (κ2) is 5.13. The van der Waals surface area contributed by atoms with Gasteiger partial charge in [-0.05, 0) is 31.5 Å². The van der Waals surface area contributed by atoms with Crippen LogP contribution in [0.4, 0.5) is 0 Å². The molecule has 0 saturated heterocycles. The van der Waals surface area contributed by atoms with E-state index < -0.39 is 0 Å². The molecule has 1 atom stereocenters. The van der Waals surface area contributed by atoms with Gasteiger partial charge >= 0.3 is 0 Å². The molecular weight excluding hydrogens is 184 g/mol. The van der Waals surface area contributed by atoms with Crippen LogP contribution in [-0.2, 0) is 0 Å². The zero-order chi connectivity index (χ0) is 9.68. The molecule has 0 spiro atoms. The van der Waals surface area contributed by atoms with E-state index in [9.17, 15) is 0 Å². The molecule has 0 radical (unpaired) electrons. The number of rotatable bonds is 4. The van der Waals surface area contributed by atoms with Crippen LogP contribution in [0.15, 0.2) is 24.3 Å². The maximum atomic E-state index is 5.83. The van der Waals surface area contributed by atoms with E-state index in [0.717, 1.165) is 23.6 Å². The number of hydrogen-bond acceptors (Lipinski definition) is 1. The van der Waals surface area contributed by atoms with Crippen LogP contribution in [0.1, 0.15) is 26.7 Å². The van der Waals surface area contributed by atoms with Gasteiger partial charge in [-0.15, -0.1) is 0 Å². The van der Waals surface area contributed by atoms with Crippen LogP contribution in [0.5, 0.6) is 5.75 Å². The van der Waals surface area contributed by atoms with Crippen molar-refractivity contribution in [3.05, 3.63) is 29.3 Å². The summed E-state index contributed by atoms with van der Waals surface area (Å²) in [6, 6.07) is 7.51. The molecule has 13 heavy (non-hydrogen) atoms. The largest absolute Gasteiger partial charge is 0.491 e. The van der Waals surface area contributed by atoms with E-state index in [1.54, 1.807) is 0 Å². The summed E-state index contributed by atoms with van der Waals surface area (Å²) in [5.74, 6) is 0.855. The van der Waals surface area contributed by atoms with Gasteiger partial charge in [0.1, 0.15) is 5.75 Å². The van der Waals surface area contributed by atoms with Gasteiger partial charge < -0.3 is 4.74 Å². The van der Waals surface area contributed by atoms with Crippen molar-refractivity contribution in [2.24, 2.45) is 0 Å². The van der Waals surface area contributed by atoms with E-state index >= 15 is 0 Å². The number of hydrogen-bond donors (Lipinski definition) is 0. The molecule has 0 aliphatic carbocycles. The monoisotopic (exact) mass is 198 g/mol. The Kier molecular flexibility index (Phi) is 4.10. The molecule has 1 unspecified atom stereocenters. The maximum Gasteiger partial charge on any atom is 0.121 e. The first kappa shape index (κ1) is 10.4. The molecule has 0 amide bonds. The highest BCUT2D eigenvalue weighted by atomic mass is 35.5. The molecule has 0 N–H and O–H groups in total. The SMILES string of the molecule is CCCC(C)Oc1cccc(Cl)c1. The molecule has 72 valence electrons. The second-order valence-electron chi connectivity index (χ2n) is 3.17. The van der Waals surface area contributed by atoms with E-state index in [1.807, 2.05) is 24.3 Å². The highest BCUT2D eigenvalue weighted by Crippen LogP contribution is 2.19. The Balaban J connectivity index is 2.53. The minimum atomic E-state index is 0.267. The van der Waals surface area contributed by atoms with Gasteiger partial charge in [0.15, 0.2) is 0 Å². The van der Waals surface area contributed by atoms with E-state index in [2.05, 4.69) is 13.8 Å². The number of halogens is 1. The van der Waals surface area contributed by atoms with Crippen LogP contribution in [0, 0.1) is 0 Å². The van der Waals surface area contributed by atoms with Gasteiger partial charge in [-0.3, -0.25) is 0 Å². The summed E-state index contributed by atoms with van der Waals surface area (Å²) < 4.78 is 5.65. The number of benzene rings is 1. The van der Waals surface area contributed by atoms with Crippen molar-refractivity contribution in [1.29, 1.82) is 0 Å². The topological polar surface area (TPSA) is 9.23 Å². The van der Waals surface area contributed by atoms with Gasteiger partial charge in [0, 0.05) is 5.02 Å². The molecule has 0 aliphatic heterocycles. The Morgan fingerprint density at radius 1 is 1.46 bits per heavy atom. The average molecular weight is 199 g/mol. The Hall–Kier alpha value is -0.690. The lowest BCUT2D eigenvalue weighted by Gasteiger charge is -2.13. The van der Waals surface area contributed by atoms with Gasteiger partial charge in [-0.1, -0.05) is 31.0 Å². The molecule has 1 aromatic rings. The van der Waals surface area contributed by atoms with E-state index in [1.165, 1.54) is 0 Å². The van der Waals surface area contributed by atoms with Gasteiger partial charge in [-0.2, -0.15) is 0 Å². The third kappa shape index (κ3) is 3.69. The zero-order valence-electron chi connectivity index (χ0n) is 8.09. The minimum Gasteiger partial charge on any atom is -0.491 e. The molecule has 1 aromatic carbocycles. The van der Waals surface area contributed by atoms with Crippen molar-refractivity contribution >= 4 is 11.6 Å². The van der Waals surface area contributed by atoms with Gasteiger partial charge in [0.2, 0.25) is 0 Å². The zero-order valence-corrected chi connectivity index (χ0v) is 8.84. The standard InChI is InChI=1S/C11H15ClO/c1-3-5-9(2)13-11-7-4-6-10(12)8-11/h4,6-9H,3,5H2,1-2H3. The first-order chi connectivity index (χ1) is 6.22. The minimum absolute atomic E-state index is 0.267. The van der Waals surface area contributed by atoms with Crippen LogP contribution in [0.3, 0.4) is 0 Å². The lowest BCUT2D eigenvalue weighted by molar-refractivity contribution is 0.210. The molecule has 2 heteroatoms. The van der Waals surface area contributed by atoms with Crippen molar-refractivity contribution in [2.45, 2.75) is 32.8 Å². The summed E-state index contributed by atoms with van der Waals surface area (Å²) in [5, 5.41) is 0.723. The fourth-order valence-corrected chi connectivity index (χ4v) is 1.42. The van der Waals surface area contributed by atoms with Crippen molar-refractivity contribution < 1.29 is 4.74 Å². The lowest BCUT2D eigenvalue weighted by Crippen LogP contribution is -2.10. The predicted octanol–water partition coefficient (Wildman–Crippen LogP) is 3.91. The highest BCUT2D eigenvalue weighted by Gasteiger charge is 2.02. The summed E-state index contributed by atoms with van der Waals surface area (Å²) in [7, 11) is 0. The molecule has 1 rings (SSSR count). The summed E-state index contributed by atoms with van der Waals surface area (Å²) in [6.07, 6.45) is 2.48. The number of ether oxygens (including phenoxy) is 1. The van der Waals surface area contributed by atoms with Crippen LogP contribution in [0.2, 0.25) is 5.02 Å². The van der Waals surface area contributed by atoms with Crippen molar-refractivity contribution in [1.82, 2.24) is 0 Å². The highest BCUT2D eigenvalue weighted by molar-refractivity contribution is 6.30. The molecule has 0 bridgehead atoms. The molecule has 0 saturated carbocycles. The van der Waals surface area contributed by atoms with Gasteiger partial charge in [0.25, 0.3) is 0 Å². The van der Waals surface area contributed by atoms with Crippen molar-refractivity contribution in [3.8, 4) is 5.75 Å². The Morgan fingerprint density at radius 2 is 2.23 bits per heavy atom. The van der Waals surface area contributed by atoms with Crippen LogP contribution in [0.25, 0.3) is 0 Å². The molecule has 1 nitrogen and oxygen atoms in total. The van der Waals surface area contributed by atoms with Crippen LogP contribution >= 0.6 is 11.6 Å². The second-order valence-corrected chi connectivity index (χ2v) is 3.61. The molecular formula is C11H15ClO. The third-order valence-corrected chi connectivity index (χ3v) is 2.06. The summed E-state index contributed by atoms with van der Waals surface area (Å²) in [5.41, 5.74) is 0. The van der Waals surface area contributed by atoms with Gasteiger partial charge in [-0.25, -0.2) is 0 Å². The Labute approximate surface area is 84.7 Å². The third-order valence-electron chi connectivity index (χ3n) is 1.83. The fraction of sp³-hybridized carbons (Fsp3) is 0.455. The fourth-order valence-electron chi connectivity index (χ4n) is 1.24. The van der Waals surface area contributed by atoms with E-state index in [0.29, 0.717) is 0 Å². The van der Waals surface area contributed by atoms with Crippen molar-refractivity contribution in [3.63, 3.8) is 0 Å². The maximum absolute atomic E-state index is 5.83. The van der Waals surface area contributed by atoms with Crippen molar-refractivity contribution in [2.75, 3.05) is 0 Å². The average Bonchev–Trinajstić information content (AvgIpc) is 2.04. The first-order valence-electron chi connectivity index (χ1n) is 4.64. The Bertz CT molecular complexity index is 260. The first-order valence-corrected chi connectivity index (χ1v) is 5.02. The Morgan fingerprint density at radius 3 is 2.85 bits per heavy atom. The molecule has 0 aromatic heterocycles. The molecule has 0 fully saturated rings. The quantitative estimate of drug-likeness (QED) is 0.713. The molecule has 0 heterocycles. The van der Waals surface area contributed by atoms with Crippen LogP contribution < -0.4 is 4.74 Å². The lowest BCUT2D eigenvalue weighted by atomic mass is 10.2. The predicted molar refractivity (Wildman–Crippen MR) is 56.5 cm³/mol. The normalized spacial score (nSPS) is 12.5.